The van der Waals surface area contributed by atoms with Gasteiger partial charge in [-0.3, -0.25) is 9.59 Å². The van der Waals surface area contributed by atoms with E-state index in [4.69, 9.17) is 16.3 Å². The summed E-state index contributed by atoms with van der Waals surface area (Å²) in [4.78, 5) is 25.9. The molecule has 1 aliphatic rings. The number of nitrogens with zero attached hydrogens (tertiary/aromatic N) is 1. The van der Waals surface area contributed by atoms with E-state index in [1.807, 2.05) is 26.0 Å². The number of ketones is 1. The Bertz CT molecular complexity index is 850. The van der Waals surface area contributed by atoms with Gasteiger partial charge in [0.05, 0.1) is 17.8 Å². The molecule has 6 heteroatoms. The van der Waals surface area contributed by atoms with E-state index in [-0.39, 0.29) is 6.61 Å². The van der Waals surface area contributed by atoms with Crippen LogP contribution in [-0.4, -0.2) is 24.8 Å². The Morgan fingerprint density at radius 3 is 2.62 bits per heavy atom. The number of carbonyl (C=O) groups is 2. The summed E-state index contributed by atoms with van der Waals surface area (Å²) in [5, 5.41) is 0.677. The molecule has 0 saturated carbocycles. The van der Waals surface area contributed by atoms with Gasteiger partial charge in [-0.1, -0.05) is 11.6 Å². The molecule has 0 aromatic heterocycles. The van der Waals surface area contributed by atoms with Crippen molar-refractivity contribution in [3.63, 3.8) is 0 Å². The van der Waals surface area contributed by atoms with E-state index >= 15 is 0 Å². The summed E-state index contributed by atoms with van der Waals surface area (Å²) in [7, 11) is 0. The molecule has 124 valence electrons. The molecule has 1 heterocycles. The lowest BCUT2D eigenvalue weighted by Gasteiger charge is -2.18. The standard InChI is InChI=1S/C18H15BrClNO3/c1-10-7-13-16(14(19)8-10)21(18(23)17(13)22)5-6-24-12-3-4-15(20)11(2)9-12/h3-4,7-9H,5-6H2,1-2H3. The van der Waals surface area contributed by atoms with Crippen LogP contribution in [0.25, 0.3) is 0 Å². The summed E-state index contributed by atoms with van der Waals surface area (Å²) in [6, 6.07) is 9.02. The number of carbonyl (C=O) groups excluding carboxylic acids is 2. The predicted molar refractivity (Wildman–Crippen MR) is 97.2 cm³/mol. The smallest absolute Gasteiger partial charge is 0.299 e. The predicted octanol–water partition coefficient (Wildman–Crippen LogP) is 4.33. The molecular formula is C18H15BrClNO3. The van der Waals surface area contributed by atoms with Gasteiger partial charge in [0.2, 0.25) is 0 Å². The van der Waals surface area contributed by atoms with Crippen LogP contribution in [0.15, 0.2) is 34.8 Å². The number of rotatable bonds is 4. The maximum absolute atomic E-state index is 12.2. The van der Waals surface area contributed by atoms with Crippen LogP contribution < -0.4 is 9.64 Å². The second kappa shape index (κ2) is 6.57. The third-order valence-electron chi connectivity index (χ3n) is 3.87. The zero-order chi connectivity index (χ0) is 17.4. The molecule has 0 atom stereocenters. The van der Waals surface area contributed by atoms with Crippen LogP contribution in [0.4, 0.5) is 5.69 Å². The third kappa shape index (κ3) is 3.06. The Morgan fingerprint density at radius 1 is 1.17 bits per heavy atom. The minimum absolute atomic E-state index is 0.278. The molecule has 24 heavy (non-hydrogen) atoms. The van der Waals surface area contributed by atoms with Crippen molar-refractivity contribution in [2.75, 3.05) is 18.1 Å². The Labute approximate surface area is 153 Å². The zero-order valence-electron chi connectivity index (χ0n) is 13.2. The molecule has 0 aliphatic carbocycles. The number of aryl methyl sites for hydroxylation is 2. The first-order valence-electron chi connectivity index (χ1n) is 7.44. The van der Waals surface area contributed by atoms with Crippen molar-refractivity contribution in [2.45, 2.75) is 13.8 Å². The quantitative estimate of drug-likeness (QED) is 0.708. The lowest BCUT2D eigenvalue weighted by Crippen LogP contribution is -2.33. The van der Waals surface area contributed by atoms with Gasteiger partial charge in [0.1, 0.15) is 12.4 Å². The van der Waals surface area contributed by atoms with Gasteiger partial charge < -0.3 is 9.64 Å². The second-order valence-electron chi connectivity index (χ2n) is 5.69. The van der Waals surface area contributed by atoms with E-state index in [1.165, 1.54) is 4.90 Å². The second-order valence-corrected chi connectivity index (χ2v) is 6.95. The molecule has 0 spiro atoms. The van der Waals surface area contributed by atoms with E-state index in [0.717, 1.165) is 15.6 Å². The number of amides is 1. The summed E-state index contributed by atoms with van der Waals surface area (Å²) in [6.45, 7) is 4.35. The molecule has 0 unspecified atom stereocenters. The number of benzene rings is 2. The van der Waals surface area contributed by atoms with Crippen molar-refractivity contribution in [3.05, 3.63) is 56.5 Å². The molecule has 1 aliphatic heterocycles. The minimum atomic E-state index is -0.521. The highest BCUT2D eigenvalue weighted by molar-refractivity contribution is 9.10. The molecular weight excluding hydrogens is 394 g/mol. The number of fused-ring (bicyclic) bond motifs is 1. The molecule has 3 rings (SSSR count). The Hall–Kier alpha value is -1.85. The molecule has 2 aromatic carbocycles. The average Bonchev–Trinajstić information content (AvgIpc) is 2.76. The topological polar surface area (TPSA) is 46.6 Å². The normalized spacial score (nSPS) is 13.4. The van der Waals surface area contributed by atoms with Gasteiger partial charge in [-0.15, -0.1) is 0 Å². The average molecular weight is 409 g/mol. The van der Waals surface area contributed by atoms with Crippen molar-refractivity contribution in [1.82, 2.24) is 0 Å². The molecule has 2 aromatic rings. The number of hydrogen-bond acceptors (Lipinski definition) is 3. The van der Waals surface area contributed by atoms with Crippen molar-refractivity contribution in [3.8, 4) is 5.75 Å². The lowest BCUT2D eigenvalue weighted by atomic mass is 10.1. The minimum Gasteiger partial charge on any atom is -0.492 e. The zero-order valence-corrected chi connectivity index (χ0v) is 15.6. The maximum Gasteiger partial charge on any atom is 0.299 e. The van der Waals surface area contributed by atoms with Crippen molar-refractivity contribution < 1.29 is 14.3 Å². The van der Waals surface area contributed by atoms with Crippen LogP contribution in [0.5, 0.6) is 5.75 Å². The molecule has 1 amide bonds. The van der Waals surface area contributed by atoms with E-state index in [9.17, 15) is 9.59 Å². The third-order valence-corrected chi connectivity index (χ3v) is 4.90. The number of Topliss-reactive ketones (excluding diaryl/α,β-unsaturated/α-hetero) is 1. The first-order valence-corrected chi connectivity index (χ1v) is 8.61. The lowest BCUT2D eigenvalue weighted by molar-refractivity contribution is -0.114. The van der Waals surface area contributed by atoms with E-state index in [0.29, 0.717) is 28.6 Å². The van der Waals surface area contributed by atoms with Gasteiger partial charge in [-0.2, -0.15) is 0 Å². The van der Waals surface area contributed by atoms with Crippen LogP contribution >= 0.6 is 27.5 Å². The summed E-state index contributed by atoms with van der Waals surface area (Å²) in [6.07, 6.45) is 0. The van der Waals surface area contributed by atoms with Crippen molar-refractivity contribution in [1.29, 1.82) is 0 Å². The van der Waals surface area contributed by atoms with Crippen LogP contribution in [0.2, 0.25) is 5.02 Å². The highest BCUT2D eigenvalue weighted by atomic mass is 79.9. The Balaban J connectivity index is 1.76. The first kappa shape index (κ1) is 17.0. The maximum atomic E-state index is 12.2. The van der Waals surface area contributed by atoms with Crippen LogP contribution in [0, 0.1) is 13.8 Å². The SMILES string of the molecule is Cc1cc(Br)c2c(c1)C(=O)C(=O)N2CCOc1ccc(Cl)c(C)c1. The van der Waals surface area contributed by atoms with Crippen LogP contribution in [0.3, 0.4) is 0 Å². The van der Waals surface area contributed by atoms with Gasteiger partial charge in [0.15, 0.2) is 0 Å². The van der Waals surface area contributed by atoms with Gasteiger partial charge in [0, 0.05) is 9.50 Å². The van der Waals surface area contributed by atoms with Gasteiger partial charge in [0.25, 0.3) is 11.7 Å². The van der Waals surface area contributed by atoms with Crippen LogP contribution in [0.1, 0.15) is 21.5 Å². The van der Waals surface area contributed by atoms with Gasteiger partial charge in [-0.05, 0) is 71.2 Å². The fourth-order valence-electron chi connectivity index (χ4n) is 2.70. The van der Waals surface area contributed by atoms with Crippen molar-refractivity contribution >= 4 is 44.9 Å². The summed E-state index contributed by atoms with van der Waals surface area (Å²) >= 11 is 9.43. The number of hydrogen-bond donors (Lipinski definition) is 0. The summed E-state index contributed by atoms with van der Waals surface area (Å²) in [5.41, 5.74) is 2.90. The van der Waals surface area contributed by atoms with E-state index in [1.54, 1.807) is 18.2 Å². The first-order chi connectivity index (χ1) is 11.4. The van der Waals surface area contributed by atoms with E-state index in [2.05, 4.69) is 15.9 Å². The fourth-order valence-corrected chi connectivity index (χ4v) is 3.60. The number of ether oxygens (including phenoxy) is 1. The van der Waals surface area contributed by atoms with Crippen LogP contribution in [-0.2, 0) is 4.79 Å². The Kier molecular flexibility index (Phi) is 4.65. The number of halogens is 2. The summed E-state index contributed by atoms with van der Waals surface area (Å²) in [5.74, 6) is -0.318. The molecule has 4 nitrogen and oxygen atoms in total. The van der Waals surface area contributed by atoms with Gasteiger partial charge >= 0.3 is 0 Å². The van der Waals surface area contributed by atoms with E-state index < -0.39 is 11.7 Å². The fraction of sp³-hybridized carbons (Fsp3) is 0.222. The molecule has 0 radical (unpaired) electrons. The largest absolute Gasteiger partial charge is 0.492 e. The Morgan fingerprint density at radius 2 is 1.92 bits per heavy atom. The molecule has 0 saturated heterocycles. The van der Waals surface area contributed by atoms with Gasteiger partial charge in [-0.25, -0.2) is 0 Å². The highest BCUT2D eigenvalue weighted by Gasteiger charge is 2.37. The monoisotopic (exact) mass is 407 g/mol. The molecule has 0 fully saturated rings. The number of anilines is 1. The molecule has 0 bridgehead atoms. The highest BCUT2D eigenvalue weighted by Crippen LogP contribution is 2.37. The van der Waals surface area contributed by atoms with Crippen molar-refractivity contribution in [2.24, 2.45) is 0 Å². The summed E-state index contributed by atoms with van der Waals surface area (Å²) < 4.78 is 6.42. The molecule has 0 N–H and O–H groups in total.